The predicted molar refractivity (Wildman–Crippen MR) is 53.8 cm³/mol. The van der Waals surface area contributed by atoms with Crippen molar-refractivity contribution in [3.8, 4) is 0 Å². The Balaban J connectivity index is 2.71. The fourth-order valence-corrected chi connectivity index (χ4v) is 1.02. The van der Waals surface area contributed by atoms with Crippen molar-refractivity contribution >= 4 is 18.3 Å². The van der Waals surface area contributed by atoms with Gasteiger partial charge in [0.2, 0.25) is 0 Å². The zero-order valence-electron chi connectivity index (χ0n) is 6.76. The Bertz CT molecular complexity index is 287. The quantitative estimate of drug-likeness (QED) is 0.633. The third-order valence-electron chi connectivity index (χ3n) is 1.55. The molecule has 1 aromatic rings. The van der Waals surface area contributed by atoms with Crippen LogP contribution in [0.25, 0.3) is 0 Å². The van der Waals surface area contributed by atoms with Crippen LogP contribution in [0, 0.1) is 0 Å². The lowest BCUT2D eigenvalue weighted by molar-refractivity contribution is 1.13. The molecule has 0 saturated heterocycles. The Morgan fingerprint density at radius 1 is 1.33 bits per heavy atom. The first kappa shape index (κ1) is 9.01. The molecule has 0 aliphatic rings. The molecule has 0 atom stereocenters. The van der Waals surface area contributed by atoms with Crippen LogP contribution in [0.5, 0.6) is 0 Å². The van der Waals surface area contributed by atoms with E-state index in [9.17, 15) is 0 Å². The van der Waals surface area contributed by atoms with Crippen molar-refractivity contribution in [2.75, 3.05) is 0 Å². The molecule has 12 heavy (non-hydrogen) atoms. The van der Waals surface area contributed by atoms with Gasteiger partial charge in [-0.2, -0.15) is 0 Å². The molecular weight excluding hydrogens is 170 g/mol. The van der Waals surface area contributed by atoms with Crippen molar-refractivity contribution in [1.29, 1.82) is 0 Å². The lowest BCUT2D eigenvalue weighted by atomic mass is 10.1. The topological polar surface area (TPSA) is 12.4 Å². The Morgan fingerprint density at radius 3 is 2.42 bits per heavy atom. The smallest absolute Gasteiger partial charge is 0.0406 e. The summed E-state index contributed by atoms with van der Waals surface area (Å²) in [5.41, 5.74) is 1.93. The number of hydrogen-bond acceptors (Lipinski definition) is 1. The highest BCUT2D eigenvalue weighted by atomic mass is 35.5. The zero-order valence-corrected chi connectivity index (χ0v) is 7.51. The van der Waals surface area contributed by atoms with E-state index in [2.05, 4.69) is 18.3 Å². The van der Waals surface area contributed by atoms with E-state index in [-0.39, 0.29) is 0 Å². The van der Waals surface area contributed by atoms with Crippen LogP contribution in [0.3, 0.4) is 0 Å². The van der Waals surface area contributed by atoms with Gasteiger partial charge < -0.3 is 0 Å². The third-order valence-corrected chi connectivity index (χ3v) is 1.80. The van der Waals surface area contributed by atoms with E-state index in [1.54, 1.807) is 0 Å². The SMILES string of the molecule is C=NC(=C)Cc1ccc(Cl)cc1. The Labute approximate surface area is 77.4 Å². The van der Waals surface area contributed by atoms with Crippen molar-refractivity contribution in [3.05, 3.63) is 47.1 Å². The molecule has 1 aromatic carbocycles. The minimum Gasteiger partial charge on any atom is -0.269 e. The first-order valence-corrected chi connectivity index (χ1v) is 3.99. The molecule has 0 N–H and O–H groups in total. The van der Waals surface area contributed by atoms with Gasteiger partial charge in [0.25, 0.3) is 0 Å². The Kier molecular flexibility index (Phi) is 3.06. The van der Waals surface area contributed by atoms with Crippen LogP contribution in [0.1, 0.15) is 5.56 Å². The van der Waals surface area contributed by atoms with E-state index in [1.165, 1.54) is 0 Å². The summed E-state index contributed by atoms with van der Waals surface area (Å²) in [6.45, 7) is 7.13. The summed E-state index contributed by atoms with van der Waals surface area (Å²) in [5, 5.41) is 0.746. The van der Waals surface area contributed by atoms with Gasteiger partial charge in [-0.15, -0.1) is 0 Å². The zero-order chi connectivity index (χ0) is 8.97. The van der Waals surface area contributed by atoms with Gasteiger partial charge in [-0.1, -0.05) is 30.3 Å². The molecular formula is C10H10ClN. The third kappa shape index (κ3) is 2.51. The normalized spacial score (nSPS) is 9.42. The van der Waals surface area contributed by atoms with Gasteiger partial charge in [0.1, 0.15) is 0 Å². The molecule has 0 amide bonds. The molecule has 1 nitrogen and oxygen atoms in total. The number of aliphatic imine (C=N–C) groups is 1. The van der Waals surface area contributed by atoms with E-state index >= 15 is 0 Å². The van der Waals surface area contributed by atoms with E-state index in [0.29, 0.717) is 0 Å². The number of rotatable bonds is 3. The van der Waals surface area contributed by atoms with Gasteiger partial charge in [0.05, 0.1) is 0 Å². The summed E-state index contributed by atoms with van der Waals surface area (Å²) in [6.07, 6.45) is 0.737. The second-order valence-corrected chi connectivity index (χ2v) is 2.96. The number of nitrogens with zero attached hydrogens (tertiary/aromatic N) is 1. The van der Waals surface area contributed by atoms with E-state index in [4.69, 9.17) is 11.6 Å². The van der Waals surface area contributed by atoms with E-state index in [1.807, 2.05) is 24.3 Å². The summed E-state index contributed by atoms with van der Waals surface area (Å²) in [7, 11) is 0. The molecule has 2 heteroatoms. The standard InChI is InChI=1S/C10H10ClN/c1-8(12-2)7-9-3-5-10(11)6-4-9/h3-6H,1-2,7H2. The van der Waals surface area contributed by atoms with Gasteiger partial charge in [-0.3, -0.25) is 4.99 Å². The maximum absolute atomic E-state index is 5.72. The van der Waals surface area contributed by atoms with Gasteiger partial charge >= 0.3 is 0 Å². The lowest BCUT2D eigenvalue weighted by Crippen LogP contribution is -1.84. The van der Waals surface area contributed by atoms with Crippen LogP contribution in [0.4, 0.5) is 0 Å². The highest BCUT2D eigenvalue weighted by molar-refractivity contribution is 6.30. The predicted octanol–water partition coefficient (Wildman–Crippen LogP) is 3.10. The number of allylic oxidation sites excluding steroid dienone is 1. The van der Waals surface area contributed by atoms with Gasteiger partial charge in [-0.25, -0.2) is 0 Å². The average molecular weight is 180 g/mol. The highest BCUT2D eigenvalue weighted by Gasteiger charge is 1.94. The molecule has 0 unspecified atom stereocenters. The van der Waals surface area contributed by atoms with Crippen LogP contribution in [0.15, 0.2) is 41.5 Å². The summed E-state index contributed by atoms with van der Waals surface area (Å²) in [4.78, 5) is 3.73. The first-order valence-electron chi connectivity index (χ1n) is 3.61. The van der Waals surface area contributed by atoms with Gasteiger partial charge in [0.15, 0.2) is 0 Å². The maximum atomic E-state index is 5.72. The molecule has 0 heterocycles. The molecule has 0 radical (unpaired) electrons. The number of benzene rings is 1. The Morgan fingerprint density at radius 2 is 1.92 bits per heavy atom. The minimum atomic E-state index is 0.737. The van der Waals surface area contributed by atoms with Crippen molar-refractivity contribution in [3.63, 3.8) is 0 Å². The summed E-state index contributed by atoms with van der Waals surface area (Å²) in [5.74, 6) is 0. The van der Waals surface area contributed by atoms with Crippen LogP contribution in [0.2, 0.25) is 5.02 Å². The van der Waals surface area contributed by atoms with E-state index in [0.717, 1.165) is 22.7 Å². The fraction of sp³-hybridized carbons (Fsp3) is 0.100. The summed E-state index contributed by atoms with van der Waals surface area (Å²) in [6, 6.07) is 7.62. The first-order chi connectivity index (χ1) is 5.72. The van der Waals surface area contributed by atoms with Crippen LogP contribution in [-0.4, -0.2) is 6.72 Å². The minimum absolute atomic E-state index is 0.737. The second-order valence-electron chi connectivity index (χ2n) is 2.53. The van der Waals surface area contributed by atoms with Crippen molar-refractivity contribution in [1.82, 2.24) is 0 Å². The molecule has 0 aliphatic carbocycles. The lowest BCUT2D eigenvalue weighted by Gasteiger charge is -1.99. The van der Waals surface area contributed by atoms with Crippen LogP contribution >= 0.6 is 11.6 Å². The van der Waals surface area contributed by atoms with E-state index < -0.39 is 0 Å². The molecule has 0 spiro atoms. The molecule has 0 bridgehead atoms. The monoisotopic (exact) mass is 179 g/mol. The van der Waals surface area contributed by atoms with Crippen LogP contribution < -0.4 is 0 Å². The second kappa shape index (κ2) is 4.07. The number of hydrogen-bond donors (Lipinski definition) is 0. The van der Waals surface area contributed by atoms with Gasteiger partial charge in [-0.05, 0) is 24.4 Å². The molecule has 0 saturated carbocycles. The molecule has 0 aliphatic heterocycles. The van der Waals surface area contributed by atoms with Crippen molar-refractivity contribution in [2.24, 2.45) is 4.99 Å². The highest BCUT2D eigenvalue weighted by Crippen LogP contribution is 2.12. The maximum Gasteiger partial charge on any atom is 0.0406 e. The fourth-order valence-electron chi connectivity index (χ4n) is 0.894. The van der Waals surface area contributed by atoms with Gasteiger partial charge in [0, 0.05) is 17.1 Å². The van der Waals surface area contributed by atoms with Crippen molar-refractivity contribution in [2.45, 2.75) is 6.42 Å². The van der Waals surface area contributed by atoms with Crippen LogP contribution in [-0.2, 0) is 6.42 Å². The number of halogens is 1. The molecule has 1 rings (SSSR count). The summed E-state index contributed by atoms with van der Waals surface area (Å²) < 4.78 is 0. The molecule has 62 valence electrons. The summed E-state index contributed by atoms with van der Waals surface area (Å²) >= 11 is 5.72. The Hall–Kier alpha value is -1.08. The van der Waals surface area contributed by atoms with Crippen molar-refractivity contribution < 1.29 is 0 Å². The average Bonchev–Trinajstić information content (AvgIpc) is 2.09. The largest absolute Gasteiger partial charge is 0.269 e. The molecule has 0 fully saturated rings. The molecule has 0 aromatic heterocycles.